The zero-order valence-electron chi connectivity index (χ0n) is 14.9. The van der Waals surface area contributed by atoms with Gasteiger partial charge in [0.25, 0.3) is 0 Å². The largest absolute Gasteiger partial charge is 0.497 e. The molecule has 1 N–H and O–H groups in total. The first-order valence-electron chi connectivity index (χ1n) is 8.32. The summed E-state index contributed by atoms with van der Waals surface area (Å²) >= 11 is 0. The third kappa shape index (κ3) is 3.05. The number of nitrogens with one attached hydrogen (secondary N) is 1. The standard InChI is InChI=1S/C19H17N5O3/c1-25-6-5-21-19-18(23-17-9-13(10-20)22-11-24(17)19)16-8-12-7-14(26-2)3-4-15(12)27-16/h3-4,7-9,11,21H,5-6H2,1-2H3. The van der Waals surface area contributed by atoms with E-state index in [0.717, 1.165) is 22.5 Å². The number of furan rings is 1. The molecule has 4 rings (SSSR count). The van der Waals surface area contributed by atoms with Crippen LogP contribution in [0.4, 0.5) is 5.82 Å². The third-order valence-electron chi connectivity index (χ3n) is 4.19. The Kier molecular flexibility index (Phi) is 4.36. The van der Waals surface area contributed by atoms with E-state index < -0.39 is 0 Å². The Morgan fingerprint density at radius 3 is 2.93 bits per heavy atom. The second kappa shape index (κ2) is 6.97. The Hall–Kier alpha value is -3.57. The molecule has 0 amide bonds. The van der Waals surface area contributed by atoms with Crippen molar-refractivity contribution < 1.29 is 13.9 Å². The van der Waals surface area contributed by atoms with Crippen molar-refractivity contribution in [2.75, 3.05) is 32.7 Å². The molecule has 0 aliphatic rings. The summed E-state index contributed by atoms with van der Waals surface area (Å²) in [5, 5.41) is 13.3. The lowest BCUT2D eigenvalue weighted by Gasteiger charge is -2.06. The molecule has 27 heavy (non-hydrogen) atoms. The fourth-order valence-corrected chi connectivity index (χ4v) is 2.89. The number of hydrogen-bond donors (Lipinski definition) is 1. The smallest absolute Gasteiger partial charge is 0.157 e. The molecule has 0 fully saturated rings. The Morgan fingerprint density at radius 2 is 2.15 bits per heavy atom. The third-order valence-corrected chi connectivity index (χ3v) is 4.19. The highest BCUT2D eigenvalue weighted by Crippen LogP contribution is 2.34. The van der Waals surface area contributed by atoms with Crippen molar-refractivity contribution in [1.29, 1.82) is 5.26 Å². The first-order chi connectivity index (χ1) is 13.2. The van der Waals surface area contributed by atoms with Crippen molar-refractivity contribution in [2.45, 2.75) is 0 Å². The van der Waals surface area contributed by atoms with Gasteiger partial charge < -0.3 is 19.2 Å². The molecule has 0 bridgehead atoms. The molecule has 0 saturated heterocycles. The average Bonchev–Trinajstić information content (AvgIpc) is 3.28. The van der Waals surface area contributed by atoms with Gasteiger partial charge in [-0.3, -0.25) is 4.40 Å². The highest BCUT2D eigenvalue weighted by atomic mass is 16.5. The van der Waals surface area contributed by atoms with Crippen LogP contribution >= 0.6 is 0 Å². The number of imidazole rings is 1. The number of methoxy groups -OCH3 is 2. The zero-order valence-corrected chi connectivity index (χ0v) is 14.9. The van der Waals surface area contributed by atoms with Crippen molar-refractivity contribution >= 4 is 22.4 Å². The number of nitrogens with zero attached hydrogens (tertiary/aromatic N) is 4. The molecule has 136 valence electrons. The summed E-state index contributed by atoms with van der Waals surface area (Å²) in [6.45, 7) is 1.12. The number of nitriles is 1. The molecule has 0 unspecified atom stereocenters. The maximum atomic E-state index is 9.10. The first kappa shape index (κ1) is 16.9. The average molecular weight is 363 g/mol. The summed E-state index contributed by atoms with van der Waals surface area (Å²) in [5.74, 6) is 2.09. The normalized spacial score (nSPS) is 11.0. The SMILES string of the molecule is COCCNc1c(-c2cc3cc(OC)ccc3o2)nc2cc(C#N)ncn12. The first-order valence-corrected chi connectivity index (χ1v) is 8.32. The Morgan fingerprint density at radius 1 is 1.26 bits per heavy atom. The second-order valence-electron chi connectivity index (χ2n) is 5.86. The molecule has 1 aromatic carbocycles. The quantitative estimate of drug-likeness (QED) is 0.526. The van der Waals surface area contributed by atoms with Gasteiger partial charge in [0.15, 0.2) is 5.76 Å². The van der Waals surface area contributed by atoms with E-state index in [1.807, 2.05) is 30.3 Å². The van der Waals surface area contributed by atoms with Crippen LogP contribution < -0.4 is 10.1 Å². The Balaban J connectivity index is 1.86. The molecule has 0 aliphatic heterocycles. The minimum Gasteiger partial charge on any atom is -0.497 e. The number of benzene rings is 1. The number of aromatic nitrogens is 3. The summed E-state index contributed by atoms with van der Waals surface area (Å²) in [6.07, 6.45) is 1.57. The van der Waals surface area contributed by atoms with Gasteiger partial charge in [-0.25, -0.2) is 9.97 Å². The fourth-order valence-electron chi connectivity index (χ4n) is 2.89. The summed E-state index contributed by atoms with van der Waals surface area (Å²) in [6, 6.07) is 11.2. The van der Waals surface area contributed by atoms with Crippen LogP contribution in [-0.2, 0) is 4.74 Å². The van der Waals surface area contributed by atoms with Crippen molar-refractivity contribution in [3.63, 3.8) is 0 Å². The molecule has 0 spiro atoms. The molecule has 8 heteroatoms. The van der Waals surface area contributed by atoms with Gasteiger partial charge in [-0.05, 0) is 24.3 Å². The van der Waals surface area contributed by atoms with Crippen LogP contribution in [0, 0.1) is 11.3 Å². The van der Waals surface area contributed by atoms with Gasteiger partial charge in [0.2, 0.25) is 0 Å². The lowest BCUT2D eigenvalue weighted by molar-refractivity contribution is 0.210. The topological polar surface area (TPSA) is 97.6 Å². The van der Waals surface area contributed by atoms with E-state index in [-0.39, 0.29) is 0 Å². The number of hydrogen-bond acceptors (Lipinski definition) is 7. The number of rotatable bonds is 6. The fraction of sp³-hybridized carbons (Fsp3) is 0.211. The van der Waals surface area contributed by atoms with Crippen LogP contribution in [0.3, 0.4) is 0 Å². The van der Waals surface area contributed by atoms with Crippen LogP contribution in [0.2, 0.25) is 0 Å². The lowest BCUT2D eigenvalue weighted by atomic mass is 10.2. The molecule has 0 aliphatic carbocycles. The summed E-state index contributed by atoms with van der Waals surface area (Å²) < 4.78 is 18.2. The van der Waals surface area contributed by atoms with Gasteiger partial charge in [-0.2, -0.15) is 5.26 Å². The number of ether oxygens (including phenoxy) is 2. The van der Waals surface area contributed by atoms with E-state index in [9.17, 15) is 0 Å². The van der Waals surface area contributed by atoms with E-state index in [0.29, 0.717) is 35.9 Å². The van der Waals surface area contributed by atoms with Crippen molar-refractivity contribution in [1.82, 2.24) is 14.4 Å². The van der Waals surface area contributed by atoms with Crippen molar-refractivity contribution in [2.24, 2.45) is 0 Å². The van der Waals surface area contributed by atoms with Gasteiger partial charge >= 0.3 is 0 Å². The zero-order chi connectivity index (χ0) is 18.8. The van der Waals surface area contributed by atoms with Crippen LogP contribution in [-0.4, -0.2) is 41.7 Å². The Labute approximate surface area is 155 Å². The predicted molar refractivity (Wildman–Crippen MR) is 99.8 cm³/mol. The molecule has 8 nitrogen and oxygen atoms in total. The van der Waals surface area contributed by atoms with Gasteiger partial charge in [0, 0.05) is 25.1 Å². The van der Waals surface area contributed by atoms with Crippen LogP contribution in [0.25, 0.3) is 28.1 Å². The molecule has 3 aromatic heterocycles. The monoisotopic (exact) mass is 363 g/mol. The molecule has 3 heterocycles. The van der Waals surface area contributed by atoms with E-state index in [1.54, 1.807) is 31.0 Å². The van der Waals surface area contributed by atoms with Gasteiger partial charge in [0.05, 0.1) is 13.7 Å². The molecule has 0 atom stereocenters. The van der Waals surface area contributed by atoms with E-state index in [2.05, 4.69) is 15.3 Å². The maximum absolute atomic E-state index is 9.10. The molecular weight excluding hydrogens is 346 g/mol. The van der Waals surface area contributed by atoms with E-state index >= 15 is 0 Å². The van der Waals surface area contributed by atoms with Gasteiger partial charge in [0.1, 0.15) is 46.6 Å². The highest BCUT2D eigenvalue weighted by Gasteiger charge is 2.18. The number of anilines is 1. The minimum atomic E-state index is 0.303. The second-order valence-corrected chi connectivity index (χ2v) is 5.86. The summed E-state index contributed by atoms with van der Waals surface area (Å²) in [4.78, 5) is 8.78. The van der Waals surface area contributed by atoms with Crippen LogP contribution in [0.5, 0.6) is 5.75 Å². The van der Waals surface area contributed by atoms with Crippen LogP contribution in [0.15, 0.2) is 41.1 Å². The van der Waals surface area contributed by atoms with Crippen molar-refractivity contribution in [3.8, 4) is 23.3 Å². The van der Waals surface area contributed by atoms with Crippen LogP contribution in [0.1, 0.15) is 5.69 Å². The highest BCUT2D eigenvalue weighted by molar-refractivity contribution is 5.86. The lowest BCUT2D eigenvalue weighted by Crippen LogP contribution is -2.10. The number of fused-ring (bicyclic) bond motifs is 2. The summed E-state index contributed by atoms with van der Waals surface area (Å²) in [7, 11) is 3.27. The van der Waals surface area contributed by atoms with Crippen molar-refractivity contribution in [3.05, 3.63) is 42.4 Å². The maximum Gasteiger partial charge on any atom is 0.157 e. The molecule has 4 aromatic rings. The van der Waals surface area contributed by atoms with Gasteiger partial charge in [-0.15, -0.1) is 0 Å². The van der Waals surface area contributed by atoms with E-state index in [4.69, 9.17) is 19.2 Å². The van der Waals surface area contributed by atoms with Gasteiger partial charge in [-0.1, -0.05) is 0 Å². The minimum absolute atomic E-state index is 0.303. The molecular formula is C19H17N5O3. The molecule has 0 saturated carbocycles. The summed E-state index contributed by atoms with van der Waals surface area (Å²) in [5.41, 5.74) is 2.28. The molecule has 0 radical (unpaired) electrons. The van der Waals surface area contributed by atoms with E-state index in [1.165, 1.54) is 0 Å². The predicted octanol–water partition coefficient (Wildman–Crippen LogP) is 3.08. The Bertz CT molecular complexity index is 1160.